The van der Waals surface area contributed by atoms with Gasteiger partial charge in [-0.1, -0.05) is 12.2 Å². The number of carbonyl (C=O) groups is 1. The Kier molecular flexibility index (Phi) is 5.64. The molecule has 1 atom stereocenters. The van der Waals surface area contributed by atoms with E-state index in [1.165, 1.54) is 17.5 Å². The van der Waals surface area contributed by atoms with E-state index >= 15 is 0 Å². The molecule has 27 heavy (non-hydrogen) atoms. The Labute approximate surface area is 160 Å². The lowest BCUT2D eigenvalue weighted by Gasteiger charge is -2.30. The summed E-state index contributed by atoms with van der Waals surface area (Å²) in [6.45, 7) is 3.18. The van der Waals surface area contributed by atoms with Gasteiger partial charge in [0.15, 0.2) is 0 Å². The number of nitrogens with zero attached hydrogens (tertiary/aromatic N) is 2. The van der Waals surface area contributed by atoms with Gasteiger partial charge in [-0.05, 0) is 67.7 Å². The van der Waals surface area contributed by atoms with Gasteiger partial charge in [-0.15, -0.1) is 0 Å². The lowest BCUT2D eigenvalue weighted by atomic mass is 9.92. The molecule has 2 N–H and O–H groups in total. The zero-order valence-corrected chi connectivity index (χ0v) is 15.9. The highest BCUT2D eigenvalue weighted by molar-refractivity contribution is 5.90. The third-order valence-electron chi connectivity index (χ3n) is 5.83. The van der Waals surface area contributed by atoms with E-state index < -0.39 is 0 Å². The van der Waals surface area contributed by atoms with Gasteiger partial charge in [-0.3, -0.25) is 10.7 Å². The van der Waals surface area contributed by atoms with Crippen LogP contribution >= 0.6 is 0 Å². The molecule has 1 aromatic rings. The van der Waals surface area contributed by atoms with Gasteiger partial charge in [0, 0.05) is 13.1 Å². The molecule has 1 aromatic carbocycles. The number of anilines is 1. The molecule has 146 valence electrons. The number of amides is 1. The van der Waals surface area contributed by atoms with Gasteiger partial charge in [-0.25, -0.2) is 9.80 Å². The quantitative estimate of drug-likeness (QED) is 0.653. The van der Waals surface area contributed by atoms with Crippen LogP contribution in [-0.2, 0) is 17.6 Å². The van der Waals surface area contributed by atoms with Gasteiger partial charge in [0.05, 0.1) is 18.8 Å². The Hall–Kier alpha value is -2.05. The van der Waals surface area contributed by atoms with Gasteiger partial charge in [-0.2, -0.15) is 0 Å². The zero-order valence-electron chi connectivity index (χ0n) is 15.9. The Bertz CT molecular complexity index is 719. The molecule has 3 aliphatic rings. The van der Waals surface area contributed by atoms with E-state index in [4.69, 9.17) is 15.3 Å². The fourth-order valence-electron chi connectivity index (χ4n) is 4.15. The highest BCUT2D eigenvalue weighted by Crippen LogP contribution is 2.36. The van der Waals surface area contributed by atoms with Crippen molar-refractivity contribution in [3.8, 4) is 5.75 Å². The fraction of sp³-hybridized carbons (Fsp3) is 0.571. The Morgan fingerprint density at radius 1 is 1.19 bits per heavy atom. The van der Waals surface area contributed by atoms with E-state index in [0.717, 1.165) is 56.6 Å². The predicted octanol–water partition coefficient (Wildman–Crippen LogP) is 3.04. The van der Waals surface area contributed by atoms with E-state index in [1.54, 1.807) is 4.90 Å². The van der Waals surface area contributed by atoms with Crippen molar-refractivity contribution in [2.24, 2.45) is 11.8 Å². The number of hydrogen-bond donors (Lipinski definition) is 1. The molecular formula is C21H29N3O3. The summed E-state index contributed by atoms with van der Waals surface area (Å²) in [6.07, 6.45) is 10.4. The maximum atomic E-state index is 12.7. The minimum Gasteiger partial charge on any atom is -0.490 e. The molecule has 1 amide bonds. The van der Waals surface area contributed by atoms with Crippen LogP contribution in [0.4, 0.5) is 10.5 Å². The predicted molar refractivity (Wildman–Crippen MR) is 105 cm³/mol. The number of hydrogen-bond acceptors (Lipinski definition) is 5. The first kappa shape index (κ1) is 18.3. The molecule has 0 bridgehead atoms. The summed E-state index contributed by atoms with van der Waals surface area (Å²) >= 11 is 0. The lowest BCUT2D eigenvalue weighted by Crippen LogP contribution is -2.38. The lowest BCUT2D eigenvalue weighted by molar-refractivity contribution is 0.141. The molecule has 0 spiro atoms. The average molecular weight is 371 g/mol. The number of benzene rings is 1. The van der Waals surface area contributed by atoms with Crippen LogP contribution in [0.1, 0.15) is 36.8 Å². The molecule has 0 radical (unpaired) electrons. The van der Waals surface area contributed by atoms with Crippen molar-refractivity contribution in [1.29, 1.82) is 0 Å². The van der Waals surface area contributed by atoms with E-state index in [0.29, 0.717) is 25.7 Å². The first-order chi connectivity index (χ1) is 13.2. The molecule has 2 aliphatic heterocycles. The first-order valence-electron chi connectivity index (χ1n) is 10.1. The normalized spacial score (nSPS) is 22.4. The van der Waals surface area contributed by atoms with Crippen LogP contribution < -0.4 is 15.5 Å². The summed E-state index contributed by atoms with van der Waals surface area (Å²) in [5.74, 6) is 7.38. The second-order valence-corrected chi connectivity index (χ2v) is 7.68. The van der Waals surface area contributed by atoms with Gasteiger partial charge in [0.25, 0.3) is 0 Å². The average Bonchev–Trinajstić information content (AvgIpc) is 2.88. The molecule has 4 rings (SSSR count). The minimum atomic E-state index is -0.264. The SMILES string of the molecule is NN1CCc2cc3c(cc2CC1)N(C(=O)OCCC1CC=CCC1)CCO3. The molecule has 0 fully saturated rings. The molecule has 6 nitrogen and oxygen atoms in total. The van der Waals surface area contributed by atoms with Crippen molar-refractivity contribution in [2.45, 2.75) is 38.5 Å². The third-order valence-corrected chi connectivity index (χ3v) is 5.83. The highest BCUT2D eigenvalue weighted by atomic mass is 16.6. The second-order valence-electron chi connectivity index (χ2n) is 7.68. The van der Waals surface area contributed by atoms with Crippen molar-refractivity contribution >= 4 is 11.8 Å². The Morgan fingerprint density at radius 3 is 2.78 bits per heavy atom. The van der Waals surface area contributed by atoms with Crippen molar-refractivity contribution in [1.82, 2.24) is 5.01 Å². The van der Waals surface area contributed by atoms with E-state index in [9.17, 15) is 4.79 Å². The van der Waals surface area contributed by atoms with Gasteiger partial charge in [0.2, 0.25) is 0 Å². The molecule has 0 saturated heterocycles. The van der Waals surface area contributed by atoms with Crippen LogP contribution in [0, 0.1) is 5.92 Å². The molecule has 6 heteroatoms. The van der Waals surface area contributed by atoms with Crippen LogP contribution in [-0.4, -0.2) is 44.0 Å². The van der Waals surface area contributed by atoms with Gasteiger partial charge < -0.3 is 9.47 Å². The van der Waals surface area contributed by atoms with Crippen molar-refractivity contribution < 1.29 is 14.3 Å². The fourth-order valence-corrected chi connectivity index (χ4v) is 4.15. The summed E-state index contributed by atoms with van der Waals surface area (Å²) in [4.78, 5) is 14.4. The number of fused-ring (bicyclic) bond motifs is 2. The van der Waals surface area contributed by atoms with Crippen LogP contribution in [0.2, 0.25) is 0 Å². The summed E-state index contributed by atoms with van der Waals surface area (Å²) in [5.41, 5.74) is 3.34. The Morgan fingerprint density at radius 2 is 2.00 bits per heavy atom. The smallest absolute Gasteiger partial charge is 0.414 e. The number of hydrazine groups is 1. The summed E-state index contributed by atoms with van der Waals surface area (Å²) in [5, 5.41) is 1.85. The topological polar surface area (TPSA) is 68.0 Å². The minimum absolute atomic E-state index is 0.264. The summed E-state index contributed by atoms with van der Waals surface area (Å²) < 4.78 is 11.4. The number of nitrogens with two attached hydrogens (primary N) is 1. The standard InChI is InChI=1S/C21H29N3O3/c22-23-9-6-17-14-19-20(15-18(17)7-10-23)26-13-11-24(19)21(25)27-12-8-16-4-2-1-3-5-16/h1-2,14-16H,3-13,22H2. The molecule has 1 unspecified atom stereocenters. The van der Waals surface area contributed by atoms with Crippen LogP contribution in [0.3, 0.4) is 0 Å². The largest absolute Gasteiger partial charge is 0.490 e. The molecular weight excluding hydrogens is 342 g/mol. The van der Waals surface area contributed by atoms with Crippen LogP contribution in [0.15, 0.2) is 24.3 Å². The number of allylic oxidation sites excluding steroid dienone is 2. The van der Waals surface area contributed by atoms with Gasteiger partial charge >= 0.3 is 6.09 Å². The first-order valence-corrected chi connectivity index (χ1v) is 10.1. The molecule has 2 heterocycles. The number of carbonyl (C=O) groups excluding carboxylic acids is 1. The molecule has 0 saturated carbocycles. The Balaban J connectivity index is 1.42. The summed E-state index contributed by atoms with van der Waals surface area (Å²) in [6, 6.07) is 4.17. The second kappa shape index (κ2) is 8.31. The maximum Gasteiger partial charge on any atom is 0.414 e. The highest BCUT2D eigenvalue weighted by Gasteiger charge is 2.27. The summed E-state index contributed by atoms with van der Waals surface area (Å²) in [7, 11) is 0. The zero-order chi connectivity index (χ0) is 18.6. The van der Waals surface area contributed by atoms with Crippen molar-refractivity contribution in [3.63, 3.8) is 0 Å². The molecule has 0 aromatic heterocycles. The monoisotopic (exact) mass is 371 g/mol. The van der Waals surface area contributed by atoms with Crippen molar-refractivity contribution in [3.05, 3.63) is 35.4 Å². The van der Waals surface area contributed by atoms with Crippen LogP contribution in [0.25, 0.3) is 0 Å². The van der Waals surface area contributed by atoms with E-state index in [1.807, 2.05) is 5.01 Å². The third kappa shape index (κ3) is 4.28. The van der Waals surface area contributed by atoms with Crippen molar-refractivity contribution in [2.75, 3.05) is 37.7 Å². The molecule has 1 aliphatic carbocycles. The van der Waals surface area contributed by atoms with Gasteiger partial charge in [0.1, 0.15) is 12.4 Å². The van der Waals surface area contributed by atoms with E-state index in [-0.39, 0.29) is 6.09 Å². The van der Waals surface area contributed by atoms with E-state index in [2.05, 4.69) is 24.3 Å². The van der Waals surface area contributed by atoms with Crippen LogP contribution in [0.5, 0.6) is 5.75 Å². The maximum absolute atomic E-state index is 12.7. The number of rotatable bonds is 3. The number of ether oxygens (including phenoxy) is 2.